The summed E-state index contributed by atoms with van der Waals surface area (Å²) in [5, 5.41) is 18.5. The molecule has 0 radical (unpaired) electrons. The molecule has 2 aromatic carbocycles. The van der Waals surface area contributed by atoms with Crippen LogP contribution in [0.2, 0.25) is 0 Å². The number of benzene rings is 2. The topological polar surface area (TPSA) is 93.1 Å². The summed E-state index contributed by atoms with van der Waals surface area (Å²) in [5.74, 6) is -1.58. The summed E-state index contributed by atoms with van der Waals surface area (Å²) in [7, 11) is 1.44. The van der Waals surface area contributed by atoms with E-state index in [0.717, 1.165) is 12.1 Å². The van der Waals surface area contributed by atoms with E-state index in [0.29, 0.717) is 11.3 Å². The van der Waals surface area contributed by atoms with Crippen LogP contribution >= 0.6 is 0 Å². The Labute approximate surface area is 126 Å². The predicted octanol–water partition coefficient (Wildman–Crippen LogP) is 2.15. The number of ether oxygens (including phenoxy) is 2. The van der Waals surface area contributed by atoms with Crippen LogP contribution < -0.4 is 4.74 Å². The normalized spacial score (nSPS) is 10.0. The summed E-state index contributed by atoms with van der Waals surface area (Å²) < 4.78 is 9.97. The van der Waals surface area contributed by atoms with Crippen LogP contribution in [0.1, 0.15) is 20.7 Å². The summed E-state index contributed by atoms with van der Waals surface area (Å²) in [4.78, 5) is 23.8. The third-order valence-corrected chi connectivity index (χ3v) is 2.95. The summed E-state index contributed by atoms with van der Waals surface area (Å²) >= 11 is 0. The molecular weight excluding hydrogens is 288 g/mol. The minimum atomic E-state index is -0.779. The van der Waals surface area contributed by atoms with Crippen LogP contribution in [0.3, 0.4) is 0 Å². The predicted molar refractivity (Wildman–Crippen MR) is 77.4 cm³/mol. The van der Waals surface area contributed by atoms with Gasteiger partial charge in [-0.1, -0.05) is 12.1 Å². The molecule has 6 heteroatoms. The molecule has 0 saturated heterocycles. The van der Waals surface area contributed by atoms with Crippen molar-refractivity contribution in [2.24, 2.45) is 0 Å². The van der Waals surface area contributed by atoms with E-state index in [2.05, 4.69) is 0 Å². The van der Waals surface area contributed by atoms with Crippen molar-refractivity contribution in [3.63, 3.8) is 0 Å². The smallest absolute Gasteiger partial charge is 0.338 e. The van der Waals surface area contributed by atoms with Crippen LogP contribution in [0.5, 0.6) is 17.2 Å². The highest BCUT2D eigenvalue weighted by Crippen LogP contribution is 2.25. The number of hydrogen-bond donors (Lipinski definition) is 2. The zero-order valence-electron chi connectivity index (χ0n) is 11.8. The number of phenols is 2. The first-order valence-electron chi connectivity index (χ1n) is 6.38. The van der Waals surface area contributed by atoms with Crippen molar-refractivity contribution in [2.45, 2.75) is 0 Å². The van der Waals surface area contributed by atoms with Crippen LogP contribution in [0.4, 0.5) is 0 Å². The minimum absolute atomic E-state index is 0.0307. The van der Waals surface area contributed by atoms with Gasteiger partial charge in [-0.05, 0) is 30.3 Å². The second-order valence-corrected chi connectivity index (χ2v) is 4.40. The molecule has 2 rings (SSSR count). The fraction of sp³-hybridized carbons (Fsp3) is 0.125. The highest BCUT2D eigenvalue weighted by molar-refractivity contribution is 6.01. The average Bonchev–Trinajstić information content (AvgIpc) is 2.54. The molecule has 2 aromatic rings. The van der Waals surface area contributed by atoms with Gasteiger partial charge in [0.1, 0.15) is 5.75 Å². The Morgan fingerprint density at radius 3 is 2.45 bits per heavy atom. The van der Waals surface area contributed by atoms with E-state index in [1.54, 1.807) is 24.3 Å². The van der Waals surface area contributed by atoms with Crippen LogP contribution in [0.15, 0.2) is 42.5 Å². The van der Waals surface area contributed by atoms with Crippen molar-refractivity contribution in [1.82, 2.24) is 0 Å². The third-order valence-electron chi connectivity index (χ3n) is 2.95. The van der Waals surface area contributed by atoms with Crippen molar-refractivity contribution in [1.29, 1.82) is 0 Å². The van der Waals surface area contributed by atoms with Crippen molar-refractivity contribution in [2.75, 3.05) is 13.7 Å². The van der Waals surface area contributed by atoms with Gasteiger partial charge in [-0.25, -0.2) is 4.79 Å². The number of ketones is 1. The molecule has 2 N–H and O–H groups in total. The number of carbonyl (C=O) groups excluding carboxylic acids is 2. The monoisotopic (exact) mass is 302 g/mol. The van der Waals surface area contributed by atoms with E-state index in [-0.39, 0.29) is 11.3 Å². The number of rotatable bonds is 5. The Morgan fingerprint density at radius 2 is 1.77 bits per heavy atom. The molecule has 0 unspecified atom stereocenters. The number of methoxy groups -OCH3 is 1. The largest absolute Gasteiger partial charge is 0.504 e. The second-order valence-electron chi connectivity index (χ2n) is 4.40. The first-order chi connectivity index (χ1) is 10.5. The van der Waals surface area contributed by atoms with E-state index in [1.165, 1.54) is 13.2 Å². The maximum Gasteiger partial charge on any atom is 0.338 e. The molecule has 0 saturated carbocycles. The van der Waals surface area contributed by atoms with Crippen LogP contribution in [0.25, 0.3) is 0 Å². The lowest BCUT2D eigenvalue weighted by atomic mass is 10.1. The van der Waals surface area contributed by atoms with Crippen molar-refractivity contribution in [3.05, 3.63) is 53.6 Å². The molecule has 0 aromatic heterocycles. The minimum Gasteiger partial charge on any atom is -0.504 e. The Bertz CT molecular complexity index is 708. The van der Waals surface area contributed by atoms with E-state index < -0.39 is 24.1 Å². The Hall–Kier alpha value is -3.02. The lowest BCUT2D eigenvalue weighted by Crippen LogP contribution is -2.15. The lowest BCUT2D eigenvalue weighted by Gasteiger charge is -2.08. The molecule has 114 valence electrons. The van der Waals surface area contributed by atoms with Crippen LogP contribution in [-0.2, 0) is 4.74 Å². The van der Waals surface area contributed by atoms with Gasteiger partial charge < -0.3 is 19.7 Å². The average molecular weight is 302 g/mol. The van der Waals surface area contributed by atoms with Gasteiger partial charge in [0.25, 0.3) is 0 Å². The zero-order chi connectivity index (χ0) is 16.1. The molecule has 0 aliphatic carbocycles. The quantitative estimate of drug-likeness (QED) is 0.499. The molecule has 22 heavy (non-hydrogen) atoms. The third kappa shape index (κ3) is 3.35. The Kier molecular flexibility index (Phi) is 4.63. The molecule has 0 amide bonds. The van der Waals surface area contributed by atoms with Crippen molar-refractivity contribution < 1.29 is 29.3 Å². The van der Waals surface area contributed by atoms with E-state index in [9.17, 15) is 19.8 Å². The molecule has 0 fully saturated rings. The summed E-state index contributed by atoms with van der Waals surface area (Å²) in [6.45, 7) is -0.457. The summed E-state index contributed by atoms with van der Waals surface area (Å²) in [6.07, 6.45) is 0. The SMILES string of the molecule is COc1ccccc1C(=O)COC(=O)c1ccc(O)c(O)c1. The molecular formula is C16H14O6. The fourth-order valence-corrected chi connectivity index (χ4v) is 1.82. The van der Waals surface area contributed by atoms with Gasteiger partial charge in [0, 0.05) is 0 Å². The second kappa shape index (κ2) is 6.62. The molecule has 6 nitrogen and oxygen atoms in total. The highest BCUT2D eigenvalue weighted by atomic mass is 16.5. The Morgan fingerprint density at radius 1 is 1.05 bits per heavy atom. The number of hydrogen-bond acceptors (Lipinski definition) is 6. The van der Waals surface area contributed by atoms with Gasteiger partial charge in [0.15, 0.2) is 18.1 Å². The lowest BCUT2D eigenvalue weighted by molar-refractivity contribution is 0.0473. The van der Waals surface area contributed by atoms with Gasteiger partial charge in [0.2, 0.25) is 5.78 Å². The number of para-hydroxylation sites is 1. The van der Waals surface area contributed by atoms with Gasteiger partial charge in [-0.2, -0.15) is 0 Å². The van der Waals surface area contributed by atoms with Crippen LogP contribution in [0, 0.1) is 0 Å². The van der Waals surface area contributed by atoms with Gasteiger partial charge in [-0.15, -0.1) is 0 Å². The molecule has 0 spiro atoms. The van der Waals surface area contributed by atoms with Crippen molar-refractivity contribution in [3.8, 4) is 17.2 Å². The fourth-order valence-electron chi connectivity index (χ4n) is 1.82. The van der Waals surface area contributed by atoms with Gasteiger partial charge in [-0.3, -0.25) is 4.79 Å². The maximum atomic E-state index is 12.0. The van der Waals surface area contributed by atoms with Crippen molar-refractivity contribution >= 4 is 11.8 Å². The molecule has 0 atom stereocenters. The Balaban J connectivity index is 2.04. The number of Topliss-reactive ketones (excluding diaryl/α,β-unsaturated/α-hetero) is 1. The number of carbonyl (C=O) groups is 2. The molecule has 0 aliphatic heterocycles. The number of esters is 1. The standard InChI is InChI=1S/C16H14O6/c1-21-15-5-3-2-4-11(15)14(19)9-22-16(20)10-6-7-12(17)13(18)8-10/h2-8,17-18H,9H2,1H3. The summed E-state index contributed by atoms with van der Waals surface area (Å²) in [5.41, 5.74) is 0.342. The zero-order valence-corrected chi connectivity index (χ0v) is 11.8. The first-order valence-corrected chi connectivity index (χ1v) is 6.38. The van der Waals surface area contributed by atoms with E-state index in [1.807, 2.05) is 0 Å². The molecule has 0 heterocycles. The molecule has 0 aliphatic rings. The number of phenolic OH excluding ortho intramolecular Hbond substituents is 2. The first kappa shape index (κ1) is 15.4. The summed E-state index contributed by atoms with van der Waals surface area (Å²) in [6, 6.07) is 10.1. The number of aromatic hydroxyl groups is 2. The van der Waals surface area contributed by atoms with Crippen LogP contribution in [-0.4, -0.2) is 35.7 Å². The highest BCUT2D eigenvalue weighted by Gasteiger charge is 2.16. The van der Waals surface area contributed by atoms with E-state index >= 15 is 0 Å². The maximum absolute atomic E-state index is 12.0. The van der Waals surface area contributed by atoms with Gasteiger partial charge in [0.05, 0.1) is 18.2 Å². The van der Waals surface area contributed by atoms with E-state index in [4.69, 9.17) is 9.47 Å². The van der Waals surface area contributed by atoms with Gasteiger partial charge >= 0.3 is 5.97 Å². The molecule has 0 bridgehead atoms.